The molecule has 40 heavy (non-hydrogen) atoms. The van der Waals surface area contributed by atoms with Crippen LogP contribution in [0.3, 0.4) is 0 Å². The molecule has 1 aliphatic rings. The van der Waals surface area contributed by atoms with Crippen molar-refractivity contribution in [2.75, 3.05) is 13.2 Å². The Morgan fingerprint density at radius 3 is 2.23 bits per heavy atom. The molecule has 3 aromatic rings. The van der Waals surface area contributed by atoms with E-state index in [4.69, 9.17) is 14.2 Å². The van der Waals surface area contributed by atoms with E-state index in [1.54, 1.807) is 48.5 Å². The zero-order valence-electron chi connectivity index (χ0n) is 23.3. The fourth-order valence-electron chi connectivity index (χ4n) is 5.07. The summed E-state index contributed by atoms with van der Waals surface area (Å²) in [6.07, 6.45) is 8.27. The molecular weight excluding hydrogens is 513 g/mol. The molecule has 3 aromatic carbocycles. The minimum Gasteiger partial charge on any atom is -0.494 e. The lowest BCUT2D eigenvalue weighted by Gasteiger charge is -2.29. The van der Waals surface area contributed by atoms with Gasteiger partial charge in [-0.05, 0) is 80.2 Å². The van der Waals surface area contributed by atoms with Crippen LogP contribution < -0.4 is 9.47 Å². The summed E-state index contributed by atoms with van der Waals surface area (Å²) >= 11 is 0. The monoisotopic (exact) mass is 552 g/mol. The molecular formula is C34H39F3O3. The minimum absolute atomic E-state index is 0.0456. The van der Waals surface area contributed by atoms with Crippen molar-refractivity contribution in [3.05, 3.63) is 95.8 Å². The first kappa shape index (κ1) is 29.7. The van der Waals surface area contributed by atoms with Gasteiger partial charge in [-0.15, -0.1) is 6.58 Å². The molecule has 0 radical (unpaired) electrons. The number of rotatable bonds is 14. The zero-order valence-corrected chi connectivity index (χ0v) is 23.3. The highest BCUT2D eigenvalue weighted by molar-refractivity contribution is 5.65. The molecule has 6 heteroatoms. The van der Waals surface area contributed by atoms with E-state index >= 15 is 8.78 Å². The third-order valence-corrected chi connectivity index (χ3v) is 7.48. The zero-order chi connectivity index (χ0) is 28.3. The Morgan fingerprint density at radius 1 is 0.825 bits per heavy atom. The molecule has 0 atom stereocenters. The summed E-state index contributed by atoms with van der Waals surface area (Å²) in [6.45, 7) is 7.09. The van der Waals surface area contributed by atoms with Crippen molar-refractivity contribution in [2.24, 2.45) is 0 Å². The van der Waals surface area contributed by atoms with Crippen molar-refractivity contribution in [3.8, 4) is 22.6 Å². The van der Waals surface area contributed by atoms with Gasteiger partial charge in [0.05, 0.1) is 25.9 Å². The maximum absolute atomic E-state index is 15.2. The molecule has 1 aliphatic carbocycles. The van der Waals surface area contributed by atoms with Crippen molar-refractivity contribution in [1.82, 2.24) is 0 Å². The summed E-state index contributed by atoms with van der Waals surface area (Å²) < 4.78 is 62.1. The van der Waals surface area contributed by atoms with Gasteiger partial charge in [-0.25, -0.2) is 13.2 Å². The first-order chi connectivity index (χ1) is 19.5. The topological polar surface area (TPSA) is 27.7 Å². The molecule has 3 nitrogen and oxygen atoms in total. The van der Waals surface area contributed by atoms with Gasteiger partial charge in [0.15, 0.2) is 11.6 Å². The summed E-state index contributed by atoms with van der Waals surface area (Å²) in [6, 6.07) is 15.3. The molecule has 0 saturated heterocycles. The highest BCUT2D eigenvalue weighted by Gasteiger charge is 2.27. The van der Waals surface area contributed by atoms with Crippen LogP contribution >= 0.6 is 0 Å². The number of hydrogen-bond donors (Lipinski definition) is 0. The van der Waals surface area contributed by atoms with Crippen molar-refractivity contribution >= 4 is 0 Å². The Balaban J connectivity index is 1.29. The molecule has 214 valence electrons. The van der Waals surface area contributed by atoms with Crippen LogP contribution in [-0.2, 0) is 11.3 Å². The average molecular weight is 553 g/mol. The number of allylic oxidation sites excluding steroid dienone is 1. The second-order valence-electron chi connectivity index (χ2n) is 10.4. The van der Waals surface area contributed by atoms with Gasteiger partial charge in [0, 0.05) is 17.2 Å². The Labute approximate surface area is 236 Å². The van der Waals surface area contributed by atoms with E-state index in [1.807, 2.05) is 6.08 Å². The second kappa shape index (κ2) is 14.9. The van der Waals surface area contributed by atoms with Crippen molar-refractivity contribution in [1.29, 1.82) is 0 Å². The number of benzene rings is 3. The maximum atomic E-state index is 15.2. The second-order valence-corrected chi connectivity index (χ2v) is 10.4. The SMILES string of the molecule is C=CCCCOc1ccc(COC2CCC(c3ccc(-c4ccc(OCCCC)cc4)c(F)c3F)CC2)c(F)c1. The Bertz CT molecular complexity index is 1230. The fraction of sp³-hybridized carbons (Fsp3) is 0.412. The van der Waals surface area contributed by atoms with Crippen LogP contribution in [-0.4, -0.2) is 19.3 Å². The fourth-order valence-corrected chi connectivity index (χ4v) is 5.07. The number of hydrogen-bond acceptors (Lipinski definition) is 3. The van der Waals surface area contributed by atoms with Crippen LogP contribution in [0.5, 0.6) is 11.5 Å². The summed E-state index contributed by atoms with van der Waals surface area (Å²) in [5, 5.41) is 0. The predicted molar refractivity (Wildman–Crippen MR) is 153 cm³/mol. The predicted octanol–water partition coefficient (Wildman–Crippen LogP) is 9.54. The summed E-state index contributed by atoms with van der Waals surface area (Å²) in [5.41, 5.74) is 1.75. The molecule has 0 bridgehead atoms. The first-order valence-electron chi connectivity index (χ1n) is 14.3. The van der Waals surface area contributed by atoms with Gasteiger partial charge in [0.1, 0.15) is 17.3 Å². The largest absolute Gasteiger partial charge is 0.494 e. The molecule has 0 amide bonds. The van der Waals surface area contributed by atoms with Gasteiger partial charge < -0.3 is 14.2 Å². The van der Waals surface area contributed by atoms with E-state index in [1.165, 1.54) is 6.07 Å². The van der Waals surface area contributed by atoms with Crippen molar-refractivity contribution < 1.29 is 27.4 Å². The van der Waals surface area contributed by atoms with E-state index < -0.39 is 11.6 Å². The van der Waals surface area contributed by atoms with Gasteiger partial charge in [0.2, 0.25) is 0 Å². The highest BCUT2D eigenvalue weighted by atomic mass is 19.2. The van der Waals surface area contributed by atoms with Gasteiger partial charge in [0.25, 0.3) is 0 Å². The quantitative estimate of drug-likeness (QED) is 0.147. The highest BCUT2D eigenvalue weighted by Crippen LogP contribution is 2.38. The van der Waals surface area contributed by atoms with Crippen LogP contribution in [0, 0.1) is 17.5 Å². The molecule has 0 N–H and O–H groups in total. The van der Waals surface area contributed by atoms with Crippen LogP contribution in [0.15, 0.2) is 67.3 Å². The normalized spacial score (nSPS) is 17.0. The third-order valence-electron chi connectivity index (χ3n) is 7.48. The third kappa shape index (κ3) is 7.91. The summed E-state index contributed by atoms with van der Waals surface area (Å²) in [4.78, 5) is 0. The van der Waals surface area contributed by atoms with Crippen LogP contribution in [0.4, 0.5) is 13.2 Å². The first-order valence-corrected chi connectivity index (χ1v) is 14.3. The summed E-state index contributed by atoms with van der Waals surface area (Å²) in [5.74, 6) is -0.812. The molecule has 0 aliphatic heterocycles. The van der Waals surface area contributed by atoms with Crippen LogP contribution in [0.25, 0.3) is 11.1 Å². The van der Waals surface area contributed by atoms with Crippen molar-refractivity contribution in [2.45, 2.75) is 76.9 Å². The Hall–Kier alpha value is -3.25. The van der Waals surface area contributed by atoms with Gasteiger partial charge >= 0.3 is 0 Å². The minimum atomic E-state index is -0.820. The van der Waals surface area contributed by atoms with Crippen molar-refractivity contribution in [3.63, 3.8) is 0 Å². The summed E-state index contributed by atoms with van der Waals surface area (Å²) in [7, 11) is 0. The van der Waals surface area contributed by atoms with E-state index in [9.17, 15) is 4.39 Å². The standard InChI is InChI=1S/C34H39F3O3/c1-3-5-7-21-39-29-17-12-26(32(35)22-29)23-40-28-15-10-25(11-16-28)31-19-18-30(33(36)34(31)37)24-8-13-27(14-9-24)38-20-6-4-2/h3,8-9,12-14,17-19,22,25,28H,1,4-7,10-11,15-16,20-21,23H2,2H3. The molecule has 1 saturated carbocycles. The maximum Gasteiger partial charge on any atom is 0.166 e. The molecule has 4 rings (SSSR count). The molecule has 0 spiro atoms. The van der Waals surface area contributed by atoms with E-state index in [-0.39, 0.29) is 30.0 Å². The van der Waals surface area contributed by atoms with Crippen LogP contribution in [0.1, 0.15) is 75.3 Å². The molecule has 0 aromatic heterocycles. The molecule has 0 unspecified atom stereocenters. The number of ether oxygens (including phenoxy) is 3. The van der Waals surface area contributed by atoms with Gasteiger partial charge in [-0.3, -0.25) is 0 Å². The van der Waals surface area contributed by atoms with Gasteiger partial charge in [-0.1, -0.05) is 49.8 Å². The lowest BCUT2D eigenvalue weighted by molar-refractivity contribution is 0.0118. The lowest BCUT2D eigenvalue weighted by Crippen LogP contribution is -2.21. The lowest BCUT2D eigenvalue weighted by atomic mass is 9.82. The Kier molecular flexibility index (Phi) is 11.1. The Morgan fingerprint density at radius 2 is 1.52 bits per heavy atom. The number of halogens is 3. The number of unbranched alkanes of at least 4 members (excludes halogenated alkanes) is 2. The smallest absolute Gasteiger partial charge is 0.166 e. The van der Waals surface area contributed by atoms with E-state index in [0.29, 0.717) is 61.3 Å². The van der Waals surface area contributed by atoms with Crippen LogP contribution in [0.2, 0.25) is 0 Å². The van der Waals surface area contributed by atoms with E-state index in [0.717, 1.165) is 31.4 Å². The molecule has 1 fully saturated rings. The van der Waals surface area contributed by atoms with Gasteiger partial charge in [-0.2, -0.15) is 0 Å². The average Bonchev–Trinajstić information content (AvgIpc) is 2.97. The molecule has 0 heterocycles. The van der Waals surface area contributed by atoms with E-state index in [2.05, 4.69) is 13.5 Å².